The van der Waals surface area contributed by atoms with E-state index >= 15 is 0 Å². The highest BCUT2D eigenvalue weighted by Gasteiger charge is 2.22. The first kappa shape index (κ1) is 15.8. The Balaban J connectivity index is 2.53. The van der Waals surface area contributed by atoms with E-state index in [1.54, 1.807) is 6.26 Å². The molecule has 0 amide bonds. The molecule has 114 valence electrons. The maximum atomic E-state index is 5.72. The summed E-state index contributed by atoms with van der Waals surface area (Å²) in [6, 6.07) is 8.99. The molecular formula is C19H27NO. The fourth-order valence-electron chi connectivity index (χ4n) is 2.82. The molecule has 1 aromatic heterocycles. The molecule has 1 aromatic carbocycles. The van der Waals surface area contributed by atoms with Crippen LogP contribution in [0.3, 0.4) is 0 Å². The van der Waals surface area contributed by atoms with Gasteiger partial charge >= 0.3 is 0 Å². The number of hydrogen-bond donors (Lipinski definition) is 1. The lowest BCUT2D eigenvalue weighted by Gasteiger charge is -2.22. The Labute approximate surface area is 128 Å². The topological polar surface area (TPSA) is 25.2 Å². The summed E-state index contributed by atoms with van der Waals surface area (Å²) in [7, 11) is 1.99. The molecule has 2 aromatic rings. The number of hydrogen-bond acceptors (Lipinski definition) is 2. The molecular weight excluding hydrogens is 258 g/mol. The Bertz CT molecular complexity index is 595. The van der Waals surface area contributed by atoms with Gasteiger partial charge in [0.2, 0.25) is 0 Å². The average Bonchev–Trinajstić information content (AvgIpc) is 2.86. The summed E-state index contributed by atoms with van der Waals surface area (Å²) in [5.41, 5.74) is 5.30. The zero-order chi connectivity index (χ0) is 15.6. The molecule has 0 aliphatic heterocycles. The van der Waals surface area contributed by atoms with E-state index in [4.69, 9.17) is 4.42 Å². The van der Waals surface area contributed by atoms with E-state index in [-0.39, 0.29) is 6.04 Å². The third-order valence-electron chi connectivity index (χ3n) is 4.16. The normalized spacial score (nSPS) is 13.1. The van der Waals surface area contributed by atoms with E-state index in [0.717, 1.165) is 5.76 Å². The van der Waals surface area contributed by atoms with E-state index in [1.807, 2.05) is 13.1 Å². The number of furan rings is 1. The first-order valence-corrected chi connectivity index (χ1v) is 7.80. The second-order valence-electron chi connectivity index (χ2n) is 6.39. The van der Waals surface area contributed by atoms with Crippen LogP contribution in [0.1, 0.15) is 73.6 Å². The largest absolute Gasteiger partial charge is 0.467 e. The van der Waals surface area contributed by atoms with Crippen LogP contribution in [-0.4, -0.2) is 7.05 Å². The van der Waals surface area contributed by atoms with Crippen molar-refractivity contribution in [3.63, 3.8) is 0 Å². The van der Waals surface area contributed by atoms with Crippen LogP contribution in [0.5, 0.6) is 0 Å². The Morgan fingerprint density at radius 3 is 2.14 bits per heavy atom. The molecule has 0 radical (unpaired) electrons. The summed E-state index contributed by atoms with van der Waals surface area (Å²) < 4.78 is 5.72. The Morgan fingerprint density at radius 1 is 0.952 bits per heavy atom. The van der Waals surface area contributed by atoms with E-state index in [1.165, 1.54) is 22.3 Å². The van der Waals surface area contributed by atoms with E-state index in [0.29, 0.717) is 11.8 Å². The summed E-state index contributed by atoms with van der Waals surface area (Å²) in [5.74, 6) is 2.05. The monoisotopic (exact) mass is 285 g/mol. The van der Waals surface area contributed by atoms with Gasteiger partial charge in [-0.2, -0.15) is 0 Å². The minimum Gasteiger partial charge on any atom is -0.467 e. The van der Waals surface area contributed by atoms with Crippen LogP contribution in [-0.2, 0) is 0 Å². The highest BCUT2D eigenvalue weighted by molar-refractivity contribution is 5.41. The van der Waals surface area contributed by atoms with Gasteiger partial charge in [0.25, 0.3) is 0 Å². The highest BCUT2D eigenvalue weighted by atomic mass is 16.3. The lowest BCUT2D eigenvalue weighted by Crippen LogP contribution is -2.20. The Hall–Kier alpha value is -1.54. The van der Waals surface area contributed by atoms with Gasteiger partial charge in [0.05, 0.1) is 12.3 Å². The average molecular weight is 285 g/mol. The van der Waals surface area contributed by atoms with Crippen LogP contribution < -0.4 is 5.32 Å². The van der Waals surface area contributed by atoms with Crippen molar-refractivity contribution in [2.75, 3.05) is 7.05 Å². The third kappa shape index (κ3) is 3.21. The maximum absolute atomic E-state index is 5.72. The summed E-state index contributed by atoms with van der Waals surface area (Å²) in [4.78, 5) is 0. The minimum atomic E-state index is 0.110. The van der Waals surface area contributed by atoms with Crippen LogP contribution in [0.15, 0.2) is 34.9 Å². The Kier molecular flexibility index (Phi) is 4.89. The number of rotatable bonds is 5. The van der Waals surface area contributed by atoms with Gasteiger partial charge in [-0.15, -0.1) is 0 Å². The second kappa shape index (κ2) is 6.48. The van der Waals surface area contributed by atoms with Crippen LogP contribution in [0.25, 0.3) is 0 Å². The van der Waals surface area contributed by atoms with Gasteiger partial charge in [0.1, 0.15) is 5.76 Å². The van der Waals surface area contributed by atoms with Crippen molar-refractivity contribution in [2.24, 2.45) is 0 Å². The third-order valence-corrected chi connectivity index (χ3v) is 4.16. The van der Waals surface area contributed by atoms with Gasteiger partial charge in [-0.05, 0) is 54.1 Å². The van der Waals surface area contributed by atoms with Gasteiger partial charge in [-0.25, -0.2) is 0 Å². The van der Waals surface area contributed by atoms with Crippen molar-refractivity contribution in [3.05, 3.63) is 58.5 Å². The van der Waals surface area contributed by atoms with Crippen LogP contribution >= 0.6 is 0 Å². The molecule has 2 rings (SSSR count). The lowest BCUT2D eigenvalue weighted by molar-refractivity contribution is 0.458. The minimum absolute atomic E-state index is 0.110. The number of benzene rings is 1. The van der Waals surface area contributed by atoms with Crippen molar-refractivity contribution in [1.82, 2.24) is 5.32 Å². The summed E-state index contributed by atoms with van der Waals surface area (Å²) in [5, 5.41) is 3.41. The molecule has 1 N–H and O–H groups in total. The first-order chi connectivity index (χ1) is 9.95. The molecule has 0 bridgehead atoms. The van der Waals surface area contributed by atoms with E-state index in [9.17, 15) is 0 Å². The second-order valence-corrected chi connectivity index (χ2v) is 6.39. The Morgan fingerprint density at radius 2 is 1.67 bits per heavy atom. The zero-order valence-corrected chi connectivity index (χ0v) is 14.0. The molecule has 2 nitrogen and oxygen atoms in total. The predicted octanol–water partition coefficient (Wildman–Crippen LogP) is 5.14. The molecule has 1 unspecified atom stereocenters. The molecule has 0 aliphatic carbocycles. The summed E-state index contributed by atoms with van der Waals surface area (Å²) in [6.45, 7) is 11.1. The van der Waals surface area contributed by atoms with Crippen LogP contribution in [0.2, 0.25) is 0 Å². The molecule has 0 saturated heterocycles. The SMILES string of the molecule is CNC(c1ccc(C(C)C)cc1C(C)C)c1occc1C. The quantitative estimate of drug-likeness (QED) is 0.822. The predicted molar refractivity (Wildman–Crippen MR) is 89.0 cm³/mol. The summed E-state index contributed by atoms with van der Waals surface area (Å²) in [6.07, 6.45) is 1.77. The van der Waals surface area contributed by atoms with E-state index in [2.05, 4.69) is 58.1 Å². The molecule has 0 spiro atoms. The molecule has 1 atom stereocenters. The molecule has 0 aliphatic rings. The fraction of sp³-hybridized carbons (Fsp3) is 0.474. The molecule has 0 fully saturated rings. The highest BCUT2D eigenvalue weighted by Crippen LogP contribution is 2.33. The van der Waals surface area contributed by atoms with Crippen molar-refractivity contribution >= 4 is 0 Å². The van der Waals surface area contributed by atoms with Crippen molar-refractivity contribution in [2.45, 2.75) is 52.5 Å². The number of aryl methyl sites for hydroxylation is 1. The fourth-order valence-corrected chi connectivity index (χ4v) is 2.82. The molecule has 21 heavy (non-hydrogen) atoms. The lowest BCUT2D eigenvalue weighted by atomic mass is 9.87. The zero-order valence-electron chi connectivity index (χ0n) is 14.0. The molecule has 2 heteroatoms. The standard InChI is InChI=1S/C19H27NO/c1-12(2)15-7-8-16(17(11-15)13(3)4)18(20-6)19-14(5)9-10-21-19/h7-13,18,20H,1-6H3. The maximum Gasteiger partial charge on any atom is 0.128 e. The van der Waals surface area contributed by atoms with Crippen molar-refractivity contribution in [3.8, 4) is 0 Å². The molecule has 1 heterocycles. The van der Waals surface area contributed by atoms with Gasteiger partial charge in [0, 0.05) is 0 Å². The van der Waals surface area contributed by atoms with Gasteiger partial charge in [0.15, 0.2) is 0 Å². The van der Waals surface area contributed by atoms with E-state index < -0.39 is 0 Å². The van der Waals surface area contributed by atoms with Gasteiger partial charge in [-0.3, -0.25) is 0 Å². The smallest absolute Gasteiger partial charge is 0.128 e. The van der Waals surface area contributed by atoms with Crippen molar-refractivity contribution in [1.29, 1.82) is 0 Å². The first-order valence-electron chi connectivity index (χ1n) is 7.80. The summed E-state index contributed by atoms with van der Waals surface area (Å²) >= 11 is 0. The van der Waals surface area contributed by atoms with Gasteiger partial charge < -0.3 is 9.73 Å². The van der Waals surface area contributed by atoms with Gasteiger partial charge in [-0.1, -0.05) is 45.9 Å². The van der Waals surface area contributed by atoms with Crippen LogP contribution in [0, 0.1) is 6.92 Å². The van der Waals surface area contributed by atoms with Crippen LogP contribution in [0.4, 0.5) is 0 Å². The molecule has 0 saturated carbocycles. The number of nitrogens with one attached hydrogen (secondary N) is 1. The van der Waals surface area contributed by atoms with Crippen molar-refractivity contribution < 1.29 is 4.42 Å².